The van der Waals surface area contributed by atoms with Gasteiger partial charge in [0.05, 0.1) is 0 Å². The SMILES string of the molecule is CC(=O)Nc1ccc(NC(=S)N2CCCCC2Cc2ccccc2)cc1. The fourth-order valence-corrected chi connectivity index (χ4v) is 3.76. The lowest BCUT2D eigenvalue weighted by molar-refractivity contribution is -0.114. The van der Waals surface area contributed by atoms with E-state index in [0.29, 0.717) is 6.04 Å². The number of benzene rings is 2. The van der Waals surface area contributed by atoms with Crippen LogP contribution in [0.1, 0.15) is 31.7 Å². The Bertz CT molecular complexity index is 746. The van der Waals surface area contributed by atoms with Crippen LogP contribution in [-0.2, 0) is 11.2 Å². The molecule has 1 atom stereocenters. The smallest absolute Gasteiger partial charge is 0.221 e. The van der Waals surface area contributed by atoms with E-state index < -0.39 is 0 Å². The molecule has 0 radical (unpaired) electrons. The van der Waals surface area contributed by atoms with Crippen LogP contribution in [0.2, 0.25) is 0 Å². The molecule has 2 aromatic carbocycles. The molecule has 1 aliphatic heterocycles. The number of hydrogen-bond donors (Lipinski definition) is 2. The van der Waals surface area contributed by atoms with Crippen molar-refractivity contribution in [2.45, 2.75) is 38.6 Å². The largest absolute Gasteiger partial charge is 0.346 e. The molecule has 1 saturated heterocycles. The summed E-state index contributed by atoms with van der Waals surface area (Å²) in [7, 11) is 0. The Morgan fingerprint density at radius 3 is 2.35 bits per heavy atom. The first-order valence-corrected chi connectivity index (χ1v) is 9.52. The molecule has 136 valence electrons. The summed E-state index contributed by atoms with van der Waals surface area (Å²) in [6.07, 6.45) is 4.61. The Morgan fingerprint density at radius 1 is 1.04 bits per heavy atom. The normalized spacial score (nSPS) is 16.8. The zero-order valence-electron chi connectivity index (χ0n) is 15.1. The van der Waals surface area contributed by atoms with E-state index in [2.05, 4.69) is 45.9 Å². The number of carbonyl (C=O) groups is 1. The van der Waals surface area contributed by atoms with Crippen molar-refractivity contribution in [1.29, 1.82) is 0 Å². The van der Waals surface area contributed by atoms with Crippen LogP contribution < -0.4 is 10.6 Å². The second-order valence-electron chi connectivity index (χ2n) is 6.72. The Morgan fingerprint density at radius 2 is 1.69 bits per heavy atom. The summed E-state index contributed by atoms with van der Waals surface area (Å²) >= 11 is 5.70. The molecular formula is C21H25N3OS. The fraction of sp³-hybridized carbons (Fsp3) is 0.333. The van der Waals surface area contributed by atoms with Crippen LogP contribution in [0.5, 0.6) is 0 Å². The molecule has 1 aliphatic rings. The van der Waals surface area contributed by atoms with Gasteiger partial charge in [-0.05, 0) is 67.7 Å². The number of anilines is 2. The van der Waals surface area contributed by atoms with Crippen molar-refractivity contribution in [2.24, 2.45) is 0 Å². The summed E-state index contributed by atoms with van der Waals surface area (Å²) in [5.74, 6) is -0.0710. The van der Waals surface area contributed by atoms with Crippen LogP contribution in [0.15, 0.2) is 54.6 Å². The summed E-state index contributed by atoms with van der Waals surface area (Å²) in [4.78, 5) is 13.4. The number of amides is 1. The Kier molecular flexibility index (Phi) is 6.23. The van der Waals surface area contributed by atoms with Gasteiger partial charge in [0, 0.05) is 30.9 Å². The second-order valence-corrected chi connectivity index (χ2v) is 7.11. The summed E-state index contributed by atoms with van der Waals surface area (Å²) in [5.41, 5.74) is 3.08. The Labute approximate surface area is 160 Å². The fourth-order valence-electron chi connectivity index (χ4n) is 3.40. The van der Waals surface area contributed by atoms with Gasteiger partial charge in [-0.1, -0.05) is 30.3 Å². The maximum atomic E-state index is 11.1. The number of nitrogens with zero attached hydrogens (tertiary/aromatic N) is 1. The highest BCUT2D eigenvalue weighted by molar-refractivity contribution is 7.80. The lowest BCUT2D eigenvalue weighted by Gasteiger charge is -2.38. The maximum absolute atomic E-state index is 11.1. The van der Waals surface area contributed by atoms with E-state index in [1.807, 2.05) is 24.3 Å². The highest BCUT2D eigenvalue weighted by Gasteiger charge is 2.24. The standard InChI is InChI=1S/C21H25N3OS/c1-16(25)22-18-10-12-19(13-11-18)23-21(26)24-14-6-5-9-20(24)15-17-7-3-2-4-8-17/h2-4,7-8,10-13,20H,5-6,9,14-15H2,1H3,(H,22,25)(H,23,26). The summed E-state index contributed by atoms with van der Waals surface area (Å²) < 4.78 is 0. The van der Waals surface area contributed by atoms with E-state index in [1.165, 1.54) is 25.3 Å². The summed E-state index contributed by atoms with van der Waals surface area (Å²) in [6.45, 7) is 2.50. The minimum Gasteiger partial charge on any atom is -0.346 e. The van der Waals surface area contributed by atoms with Crippen molar-refractivity contribution in [1.82, 2.24) is 4.90 Å². The van der Waals surface area contributed by atoms with Crippen molar-refractivity contribution < 1.29 is 4.79 Å². The van der Waals surface area contributed by atoms with Gasteiger partial charge in [-0.15, -0.1) is 0 Å². The molecule has 0 spiro atoms. The van der Waals surface area contributed by atoms with Crippen molar-refractivity contribution in [2.75, 3.05) is 17.2 Å². The van der Waals surface area contributed by atoms with Gasteiger partial charge in [0.1, 0.15) is 0 Å². The quantitative estimate of drug-likeness (QED) is 0.784. The van der Waals surface area contributed by atoms with Gasteiger partial charge in [0.2, 0.25) is 5.91 Å². The van der Waals surface area contributed by atoms with E-state index >= 15 is 0 Å². The molecule has 2 N–H and O–H groups in total. The third kappa shape index (κ3) is 5.05. The first-order valence-electron chi connectivity index (χ1n) is 9.11. The van der Waals surface area contributed by atoms with Crippen molar-refractivity contribution in [3.05, 3.63) is 60.2 Å². The van der Waals surface area contributed by atoms with Gasteiger partial charge < -0.3 is 15.5 Å². The topological polar surface area (TPSA) is 44.4 Å². The van der Waals surface area contributed by atoms with Crippen LogP contribution in [0, 0.1) is 0 Å². The van der Waals surface area contributed by atoms with E-state index in [4.69, 9.17) is 12.2 Å². The molecular weight excluding hydrogens is 342 g/mol. The van der Waals surface area contributed by atoms with Crippen LogP contribution >= 0.6 is 12.2 Å². The van der Waals surface area contributed by atoms with Gasteiger partial charge in [-0.25, -0.2) is 0 Å². The number of likely N-dealkylation sites (tertiary alicyclic amines) is 1. The summed E-state index contributed by atoms with van der Waals surface area (Å²) in [5, 5.41) is 6.90. The predicted octanol–water partition coefficient (Wildman–Crippen LogP) is 4.44. The molecule has 26 heavy (non-hydrogen) atoms. The monoisotopic (exact) mass is 367 g/mol. The molecule has 4 nitrogen and oxygen atoms in total. The highest BCUT2D eigenvalue weighted by Crippen LogP contribution is 2.22. The molecule has 1 heterocycles. The van der Waals surface area contributed by atoms with Gasteiger partial charge in [0.15, 0.2) is 5.11 Å². The number of nitrogens with one attached hydrogen (secondary N) is 2. The first kappa shape index (κ1) is 18.4. The number of hydrogen-bond acceptors (Lipinski definition) is 2. The van der Waals surface area contributed by atoms with E-state index in [9.17, 15) is 4.79 Å². The van der Waals surface area contributed by atoms with Crippen molar-refractivity contribution >= 4 is 34.6 Å². The third-order valence-corrected chi connectivity index (χ3v) is 5.00. The van der Waals surface area contributed by atoms with E-state index in [0.717, 1.165) is 35.9 Å². The van der Waals surface area contributed by atoms with Crippen LogP contribution in [0.3, 0.4) is 0 Å². The zero-order valence-corrected chi connectivity index (χ0v) is 15.9. The van der Waals surface area contributed by atoms with Gasteiger partial charge >= 0.3 is 0 Å². The van der Waals surface area contributed by atoms with Gasteiger partial charge in [-0.2, -0.15) is 0 Å². The molecule has 0 saturated carbocycles. The highest BCUT2D eigenvalue weighted by atomic mass is 32.1. The second kappa shape index (κ2) is 8.81. The lowest BCUT2D eigenvalue weighted by Crippen LogP contribution is -2.46. The van der Waals surface area contributed by atoms with Gasteiger partial charge in [-0.3, -0.25) is 4.79 Å². The van der Waals surface area contributed by atoms with Gasteiger partial charge in [0.25, 0.3) is 0 Å². The molecule has 0 aromatic heterocycles. The average molecular weight is 368 g/mol. The van der Waals surface area contributed by atoms with E-state index in [-0.39, 0.29) is 5.91 Å². The van der Waals surface area contributed by atoms with Crippen molar-refractivity contribution in [3.8, 4) is 0 Å². The molecule has 0 bridgehead atoms. The molecule has 0 aliphatic carbocycles. The minimum absolute atomic E-state index is 0.0710. The third-order valence-electron chi connectivity index (χ3n) is 4.66. The number of rotatable bonds is 4. The molecule has 1 unspecified atom stereocenters. The number of thiocarbonyl (C=S) groups is 1. The van der Waals surface area contributed by atoms with Crippen LogP contribution in [-0.4, -0.2) is 28.5 Å². The Hall–Kier alpha value is -2.40. The maximum Gasteiger partial charge on any atom is 0.221 e. The van der Waals surface area contributed by atoms with E-state index in [1.54, 1.807) is 0 Å². The minimum atomic E-state index is -0.0710. The first-order chi connectivity index (χ1) is 12.6. The molecule has 1 amide bonds. The van der Waals surface area contributed by atoms with Crippen LogP contribution in [0.4, 0.5) is 11.4 Å². The molecule has 1 fully saturated rings. The molecule has 2 aromatic rings. The molecule has 3 rings (SSSR count). The molecule has 5 heteroatoms. The van der Waals surface area contributed by atoms with Crippen LogP contribution in [0.25, 0.3) is 0 Å². The number of carbonyl (C=O) groups excluding carboxylic acids is 1. The zero-order chi connectivity index (χ0) is 18.4. The summed E-state index contributed by atoms with van der Waals surface area (Å²) in [6, 6.07) is 18.7. The predicted molar refractivity (Wildman–Crippen MR) is 111 cm³/mol. The Balaban J connectivity index is 1.63. The number of piperidine rings is 1. The lowest BCUT2D eigenvalue weighted by atomic mass is 9.96. The average Bonchev–Trinajstić information content (AvgIpc) is 2.64. The van der Waals surface area contributed by atoms with Crippen molar-refractivity contribution in [3.63, 3.8) is 0 Å².